The lowest BCUT2D eigenvalue weighted by Crippen LogP contribution is -2.09. The summed E-state index contributed by atoms with van der Waals surface area (Å²) >= 11 is 3.28. The number of aliphatic hydroxyl groups is 2. The molecular formula is C16H13BrF2N2O3. The Morgan fingerprint density at radius 1 is 1.33 bits per heavy atom. The van der Waals surface area contributed by atoms with Gasteiger partial charge in [-0.2, -0.15) is 0 Å². The number of benzene rings is 1. The molecule has 1 atom stereocenters. The number of H-pyrrole nitrogens is 1. The van der Waals surface area contributed by atoms with E-state index in [9.17, 15) is 13.9 Å². The number of aromatic amines is 1. The van der Waals surface area contributed by atoms with Crippen molar-refractivity contribution in [1.82, 2.24) is 9.97 Å². The van der Waals surface area contributed by atoms with Gasteiger partial charge >= 0.3 is 0 Å². The summed E-state index contributed by atoms with van der Waals surface area (Å²) in [5.41, 5.74) is 0.253. The Balaban J connectivity index is 2.08. The second-order valence-electron chi connectivity index (χ2n) is 5.04. The molecule has 0 aliphatic heterocycles. The fourth-order valence-electron chi connectivity index (χ4n) is 2.45. The fraction of sp³-hybridized carbons (Fsp3) is 0.188. The van der Waals surface area contributed by atoms with Crippen LogP contribution in [0, 0.1) is 11.6 Å². The molecule has 5 nitrogen and oxygen atoms in total. The van der Waals surface area contributed by atoms with Crippen molar-refractivity contribution in [3.05, 3.63) is 57.8 Å². The van der Waals surface area contributed by atoms with Crippen molar-refractivity contribution in [1.29, 1.82) is 0 Å². The predicted molar refractivity (Wildman–Crippen MR) is 86.8 cm³/mol. The number of nitrogens with zero attached hydrogens (tertiary/aromatic N) is 1. The van der Waals surface area contributed by atoms with Crippen molar-refractivity contribution in [2.24, 2.45) is 0 Å². The molecular weight excluding hydrogens is 386 g/mol. The van der Waals surface area contributed by atoms with E-state index >= 15 is 0 Å². The van der Waals surface area contributed by atoms with Crippen LogP contribution in [0.15, 0.2) is 35.1 Å². The number of aliphatic hydroxyl groups excluding tert-OH is 2. The average molecular weight is 399 g/mol. The lowest BCUT2D eigenvalue weighted by atomic mass is 10.00. The van der Waals surface area contributed by atoms with E-state index in [0.29, 0.717) is 15.5 Å². The molecule has 2 heterocycles. The summed E-state index contributed by atoms with van der Waals surface area (Å²) in [7, 11) is 0. The van der Waals surface area contributed by atoms with E-state index < -0.39 is 23.3 Å². The van der Waals surface area contributed by atoms with Gasteiger partial charge in [0, 0.05) is 27.8 Å². The van der Waals surface area contributed by atoms with E-state index in [2.05, 4.69) is 25.9 Å². The minimum Gasteiger partial charge on any atom is -0.488 e. The van der Waals surface area contributed by atoms with Crippen molar-refractivity contribution in [3.8, 4) is 5.75 Å². The highest BCUT2D eigenvalue weighted by molar-refractivity contribution is 9.10. The molecule has 0 radical (unpaired) electrons. The molecule has 0 amide bonds. The minimum absolute atomic E-state index is 0.137. The first-order valence-corrected chi connectivity index (χ1v) is 7.84. The van der Waals surface area contributed by atoms with Gasteiger partial charge in [0.1, 0.15) is 24.2 Å². The van der Waals surface area contributed by atoms with Crippen LogP contribution in [0.2, 0.25) is 0 Å². The van der Waals surface area contributed by atoms with Crippen LogP contribution >= 0.6 is 15.9 Å². The molecule has 3 aromatic rings. The Morgan fingerprint density at radius 2 is 2.12 bits per heavy atom. The number of halogens is 3. The van der Waals surface area contributed by atoms with E-state index in [0.717, 1.165) is 12.1 Å². The Bertz CT molecular complexity index is 885. The van der Waals surface area contributed by atoms with Gasteiger partial charge in [-0.05, 0) is 34.1 Å². The third kappa shape index (κ3) is 3.00. The molecule has 0 spiro atoms. The molecule has 8 heteroatoms. The number of aromatic nitrogens is 2. The van der Waals surface area contributed by atoms with Crippen molar-refractivity contribution in [3.63, 3.8) is 0 Å². The van der Waals surface area contributed by atoms with Crippen molar-refractivity contribution < 1.29 is 23.7 Å². The molecule has 3 rings (SSSR count). The monoisotopic (exact) mass is 398 g/mol. The highest BCUT2D eigenvalue weighted by Gasteiger charge is 2.25. The van der Waals surface area contributed by atoms with Crippen LogP contribution in [0.5, 0.6) is 5.75 Å². The van der Waals surface area contributed by atoms with E-state index in [1.54, 1.807) is 12.3 Å². The van der Waals surface area contributed by atoms with E-state index in [-0.39, 0.29) is 24.5 Å². The summed E-state index contributed by atoms with van der Waals surface area (Å²) < 4.78 is 34.4. The van der Waals surface area contributed by atoms with Gasteiger partial charge in [0.25, 0.3) is 0 Å². The van der Waals surface area contributed by atoms with Crippen LogP contribution in [-0.4, -0.2) is 33.4 Å². The zero-order valence-electron chi connectivity index (χ0n) is 12.3. The number of fused-ring (bicyclic) bond motifs is 1. The van der Waals surface area contributed by atoms with Crippen LogP contribution in [0.4, 0.5) is 8.78 Å². The first-order valence-electron chi connectivity index (χ1n) is 7.05. The summed E-state index contributed by atoms with van der Waals surface area (Å²) in [5, 5.41) is 19.8. The predicted octanol–water partition coefficient (Wildman–Crippen LogP) is 3.06. The van der Waals surface area contributed by atoms with Gasteiger partial charge in [0.2, 0.25) is 0 Å². The Kier molecular flexibility index (Phi) is 4.79. The van der Waals surface area contributed by atoms with E-state index in [1.807, 2.05) is 0 Å². The van der Waals surface area contributed by atoms with Crippen LogP contribution < -0.4 is 4.74 Å². The molecule has 1 unspecified atom stereocenters. The standard InChI is InChI=1S/C16H13BrF2N2O3/c17-8-5-9-10(7-21-16(9)20-6-8)15(23)13-11(18)1-2-12(14(13)19)24-4-3-22/h1-2,5-7,15,22-23H,3-4H2,(H,20,21). The summed E-state index contributed by atoms with van der Waals surface area (Å²) in [5.74, 6) is -2.14. The van der Waals surface area contributed by atoms with Crippen LogP contribution in [0.25, 0.3) is 11.0 Å². The number of hydrogen-bond acceptors (Lipinski definition) is 4. The summed E-state index contributed by atoms with van der Waals surface area (Å²) in [4.78, 5) is 6.98. The van der Waals surface area contributed by atoms with Crippen molar-refractivity contribution >= 4 is 27.0 Å². The van der Waals surface area contributed by atoms with Crippen LogP contribution in [0.3, 0.4) is 0 Å². The van der Waals surface area contributed by atoms with Crippen molar-refractivity contribution in [2.75, 3.05) is 13.2 Å². The number of hydrogen-bond donors (Lipinski definition) is 3. The molecule has 0 aliphatic rings. The average Bonchev–Trinajstić information content (AvgIpc) is 2.97. The highest BCUT2D eigenvalue weighted by atomic mass is 79.9. The Morgan fingerprint density at radius 3 is 2.88 bits per heavy atom. The normalized spacial score (nSPS) is 12.5. The number of pyridine rings is 1. The van der Waals surface area contributed by atoms with Gasteiger partial charge in [-0.3, -0.25) is 0 Å². The molecule has 0 aliphatic carbocycles. The van der Waals surface area contributed by atoms with Gasteiger partial charge in [-0.15, -0.1) is 0 Å². The molecule has 0 saturated heterocycles. The van der Waals surface area contributed by atoms with Gasteiger partial charge < -0.3 is 19.9 Å². The number of rotatable bonds is 5. The highest BCUT2D eigenvalue weighted by Crippen LogP contribution is 2.35. The molecule has 0 bridgehead atoms. The molecule has 24 heavy (non-hydrogen) atoms. The largest absolute Gasteiger partial charge is 0.488 e. The van der Waals surface area contributed by atoms with E-state index in [1.165, 1.54) is 6.20 Å². The number of nitrogens with one attached hydrogen (secondary N) is 1. The van der Waals surface area contributed by atoms with E-state index in [4.69, 9.17) is 9.84 Å². The second kappa shape index (κ2) is 6.84. The summed E-state index contributed by atoms with van der Waals surface area (Å²) in [6.45, 7) is -0.446. The van der Waals surface area contributed by atoms with Gasteiger partial charge in [0.05, 0.1) is 12.2 Å². The topological polar surface area (TPSA) is 78.4 Å². The SMILES string of the molecule is OCCOc1ccc(F)c(C(O)c2c[nH]c3ncc(Br)cc23)c1F. The molecule has 0 fully saturated rings. The quantitative estimate of drug-likeness (QED) is 0.617. The molecule has 1 aromatic carbocycles. The van der Waals surface area contributed by atoms with Crippen LogP contribution in [-0.2, 0) is 0 Å². The fourth-order valence-corrected chi connectivity index (χ4v) is 2.78. The number of ether oxygens (including phenoxy) is 1. The third-order valence-corrected chi connectivity index (χ3v) is 3.97. The molecule has 126 valence electrons. The van der Waals surface area contributed by atoms with Gasteiger partial charge in [-0.25, -0.2) is 13.8 Å². The zero-order chi connectivity index (χ0) is 17.3. The molecule has 3 N–H and O–H groups in total. The maximum absolute atomic E-state index is 14.5. The smallest absolute Gasteiger partial charge is 0.174 e. The maximum Gasteiger partial charge on any atom is 0.174 e. The van der Waals surface area contributed by atoms with Gasteiger partial charge in [-0.1, -0.05) is 0 Å². The lowest BCUT2D eigenvalue weighted by molar-refractivity contribution is 0.189. The first kappa shape index (κ1) is 16.8. The lowest BCUT2D eigenvalue weighted by Gasteiger charge is -2.15. The third-order valence-electron chi connectivity index (χ3n) is 3.54. The molecule has 0 saturated carbocycles. The maximum atomic E-state index is 14.5. The van der Waals surface area contributed by atoms with Crippen molar-refractivity contribution in [2.45, 2.75) is 6.10 Å². The summed E-state index contributed by atoms with van der Waals surface area (Å²) in [6.07, 6.45) is 1.47. The van der Waals surface area contributed by atoms with Crippen LogP contribution in [0.1, 0.15) is 17.2 Å². The summed E-state index contributed by atoms with van der Waals surface area (Å²) in [6, 6.07) is 3.82. The minimum atomic E-state index is -1.55. The Labute approximate surface area is 144 Å². The molecule has 2 aromatic heterocycles. The van der Waals surface area contributed by atoms with Gasteiger partial charge in [0.15, 0.2) is 11.6 Å². The second-order valence-corrected chi connectivity index (χ2v) is 5.96. The Hall–Kier alpha value is -2.03. The zero-order valence-corrected chi connectivity index (χ0v) is 13.8. The first-order chi connectivity index (χ1) is 11.5.